The highest BCUT2D eigenvalue weighted by Gasteiger charge is 2.32. The quantitative estimate of drug-likeness (QED) is 0.772. The number of benzene rings is 1. The third kappa shape index (κ3) is 5.62. The molecule has 1 aromatic carbocycles. The van der Waals surface area contributed by atoms with Crippen molar-refractivity contribution in [3.8, 4) is 0 Å². The molecular formula is C15H19F3N2O2S. The summed E-state index contributed by atoms with van der Waals surface area (Å²) in [4.78, 5) is 14.2. The molecule has 0 radical (unpaired) electrons. The van der Waals surface area contributed by atoms with Gasteiger partial charge in [-0.3, -0.25) is 0 Å². The fourth-order valence-electron chi connectivity index (χ4n) is 2.16. The van der Waals surface area contributed by atoms with Gasteiger partial charge in [-0.25, -0.2) is 4.79 Å². The highest BCUT2D eigenvalue weighted by molar-refractivity contribution is 7.99. The van der Waals surface area contributed by atoms with Gasteiger partial charge in [-0.05, 0) is 37.5 Å². The first-order chi connectivity index (χ1) is 10.8. The molecule has 1 aromatic rings. The van der Waals surface area contributed by atoms with E-state index in [0.717, 1.165) is 18.4 Å². The molecule has 0 heterocycles. The highest BCUT2D eigenvalue weighted by Crippen LogP contribution is 2.34. The molecule has 0 spiro atoms. The van der Waals surface area contributed by atoms with Crippen LogP contribution in [0.5, 0.6) is 0 Å². The summed E-state index contributed by atoms with van der Waals surface area (Å²) in [5.74, 6) is -1.01. The van der Waals surface area contributed by atoms with Crippen LogP contribution in [0.15, 0.2) is 23.1 Å². The van der Waals surface area contributed by atoms with E-state index in [-0.39, 0.29) is 25.2 Å². The monoisotopic (exact) mass is 348 g/mol. The summed E-state index contributed by atoms with van der Waals surface area (Å²) in [6.45, 7) is 1.88. The molecule has 23 heavy (non-hydrogen) atoms. The second-order valence-corrected chi connectivity index (χ2v) is 6.50. The number of carbonyl (C=O) groups is 1. The van der Waals surface area contributed by atoms with E-state index in [1.54, 1.807) is 25.1 Å². The average Bonchev–Trinajstić information content (AvgIpc) is 3.27. The second-order valence-electron chi connectivity index (χ2n) is 5.48. The van der Waals surface area contributed by atoms with Gasteiger partial charge in [-0.2, -0.15) is 13.2 Å². The number of nitrogens with zero attached hydrogens (tertiary/aromatic N) is 1. The molecule has 2 amide bonds. The van der Waals surface area contributed by atoms with Gasteiger partial charge in [-0.15, -0.1) is 11.8 Å². The topological polar surface area (TPSA) is 52.6 Å². The number of aliphatic hydroxyl groups is 1. The van der Waals surface area contributed by atoms with Gasteiger partial charge >= 0.3 is 12.2 Å². The van der Waals surface area contributed by atoms with Crippen molar-refractivity contribution in [1.29, 1.82) is 0 Å². The van der Waals surface area contributed by atoms with Gasteiger partial charge in [0.05, 0.1) is 18.0 Å². The fourth-order valence-corrected chi connectivity index (χ4v) is 2.91. The molecule has 0 aromatic heterocycles. The van der Waals surface area contributed by atoms with Gasteiger partial charge in [-0.1, -0.05) is 6.07 Å². The number of halogens is 3. The van der Waals surface area contributed by atoms with E-state index in [1.165, 1.54) is 4.90 Å². The van der Waals surface area contributed by atoms with Crippen LogP contribution < -0.4 is 5.32 Å². The van der Waals surface area contributed by atoms with Crippen molar-refractivity contribution < 1.29 is 23.1 Å². The number of anilines is 1. The van der Waals surface area contributed by atoms with Crippen LogP contribution in [0.4, 0.5) is 23.7 Å². The van der Waals surface area contributed by atoms with E-state index in [0.29, 0.717) is 22.3 Å². The van der Waals surface area contributed by atoms with Gasteiger partial charge in [0.25, 0.3) is 0 Å². The Bertz CT molecular complexity index is 562. The maximum atomic E-state index is 12.4. The first-order valence-electron chi connectivity index (χ1n) is 7.29. The predicted octanol–water partition coefficient (Wildman–Crippen LogP) is 3.64. The van der Waals surface area contributed by atoms with Crippen LogP contribution in [0.2, 0.25) is 0 Å². The van der Waals surface area contributed by atoms with Crippen LogP contribution in [0, 0.1) is 6.92 Å². The molecule has 128 valence electrons. The Balaban J connectivity index is 2.10. The number of thioether (sulfide) groups is 1. The van der Waals surface area contributed by atoms with Crippen LogP contribution in [0.25, 0.3) is 0 Å². The number of hydrogen-bond acceptors (Lipinski definition) is 3. The zero-order valence-corrected chi connectivity index (χ0v) is 13.5. The number of nitrogens with one attached hydrogen (secondary N) is 1. The normalized spacial score (nSPS) is 14.7. The molecule has 2 N–H and O–H groups in total. The van der Waals surface area contributed by atoms with Crippen LogP contribution in [0.1, 0.15) is 18.4 Å². The average molecular weight is 348 g/mol. The Labute approximate surface area is 137 Å². The largest absolute Gasteiger partial charge is 0.398 e. The van der Waals surface area contributed by atoms with Crippen molar-refractivity contribution in [2.24, 2.45) is 0 Å². The minimum Gasteiger partial charge on any atom is -0.395 e. The van der Waals surface area contributed by atoms with Gasteiger partial charge in [0.15, 0.2) is 0 Å². The van der Waals surface area contributed by atoms with Crippen molar-refractivity contribution in [1.82, 2.24) is 4.90 Å². The number of rotatable bonds is 6. The van der Waals surface area contributed by atoms with Gasteiger partial charge in [0.2, 0.25) is 0 Å². The van der Waals surface area contributed by atoms with Gasteiger partial charge < -0.3 is 15.3 Å². The van der Waals surface area contributed by atoms with Crippen LogP contribution in [0.3, 0.4) is 0 Å². The number of urea groups is 1. The smallest absolute Gasteiger partial charge is 0.395 e. The van der Waals surface area contributed by atoms with E-state index in [1.807, 2.05) is 0 Å². The third-order valence-electron chi connectivity index (χ3n) is 3.36. The lowest BCUT2D eigenvalue weighted by molar-refractivity contribution is -0.105. The summed E-state index contributed by atoms with van der Waals surface area (Å²) in [6.07, 6.45) is -2.50. The lowest BCUT2D eigenvalue weighted by Gasteiger charge is -2.23. The molecule has 0 unspecified atom stereocenters. The second kappa shape index (κ2) is 7.44. The Morgan fingerprint density at radius 1 is 1.43 bits per heavy atom. The van der Waals surface area contributed by atoms with E-state index in [2.05, 4.69) is 5.32 Å². The molecule has 2 rings (SSSR count). The van der Waals surface area contributed by atoms with Crippen molar-refractivity contribution >= 4 is 23.5 Å². The molecule has 0 aliphatic heterocycles. The Kier molecular flexibility index (Phi) is 5.80. The van der Waals surface area contributed by atoms with Gasteiger partial charge in [0, 0.05) is 17.5 Å². The zero-order chi connectivity index (χ0) is 17.0. The summed E-state index contributed by atoms with van der Waals surface area (Å²) >= 11 is 0.646. The van der Waals surface area contributed by atoms with Crippen LogP contribution in [-0.2, 0) is 0 Å². The Hall–Kier alpha value is -1.41. The zero-order valence-electron chi connectivity index (χ0n) is 12.7. The highest BCUT2D eigenvalue weighted by atomic mass is 32.2. The first kappa shape index (κ1) is 17.9. The standard InChI is InChI=1S/C15H19F3N2O2S/c1-10-2-5-13(23-9-15(16,17)18)12(8-10)19-14(22)20(6-7-21)11-3-4-11/h2,5,8,11,21H,3-4,6-7,9H2,1H3,(H,19,22). The molecule has 0 saturated heterocycles. The molecular weight excluding hydrogens is 329 g/mol. The summed E-state index contributed by atoms with van der Waals surface area (Å²) < 4.78 is 37.2. The van der Waals surface area contributed by atoms with Crippen molar-refractivity contribution in [2.45, 2.75) is 36.9 Å². The van der Waals surface area contributed by atoms with Crippen molar-refractivity contribution in [2.75, 3.05) is 24.2 Å². The first-order valence-corrected chi connectivity index (χ1v) is 8.27. The number of aryl methyl sites for hydroxylation is 1. The van der Waals surface area contributed by atoms with Crippen LogP contribution in [-0.4, -0.2) is 47.2 Å². The summed E-state index contributed by atoms with van der Waals surface area (Å²) in [7, 11) is 0. The number of hydrogen-bond donors (Lipinski definition) is 2. The number of aliphatic hydroxyl groups excluding tert-OH is 1. The minimum absolute atomic E-state index is 0.109. The maximum Gasteiger partial charge on any atom is 0.398 e. The molecule has 1 aliphatic carbocycles. The molecule has 1 saturated carbocycles. The number of carbonyl (C=O) groups excluding carboxylic acids is 1. The summed E-state index contributed by atoms with van der Waals surface area (Å²) in [5.41, 5.74) is 1.21. The lowest BCUT2D eigenvalue weighted by atomic mass is 10.2. The SMILES string of the molecule is Cc1ccc(SCC(F)(F)F)c(NC(=O)N(CCO)C2CC2)c1. The third-order valence-corrected chi connectivity index (χ3v) is 4.50. The molecule has 4 nitrogen and oxygen atoms in total. The molecule has 1 fully saturated rings. The fraction of sp³-hybridized carbons (Fsp3) is 0.533. The molecule has 1 aliphatic rings. The molecule has 0 atom stereocenters. The van der Waals surface area contributed by atoms with Crippen molar-refractivity contribution in [3.63, 3.8) is 0 Å². The lowest BCUT2D eigenvalue weighted by Crippen LogP contribution is -2.38. The van der Waals surface area contributed by atoms with Crippen LogP contribution >= 0.6 is 11.8 Å². The minimum atomic E-state index is -4.27. The Morgan fingerprint density at radius 2 is 2.13 bits per heavy atom. The maximum absolute atomic E-state index is 12.4. The van der Waals surface area contributed by atoms with Gasteiger partial charge in [0.1, 0.15) is 0 Å². The molecule has 8 heteroatoms. The summed E-state index contributed by atoms with van der Waals surface area (Å²) in [6, 6.07) is 4.66. The Morgan fingerprint density at radius 3 is 2.70 bits per heavy atom. The predicted molar refractivity (Wildman–Crippen MR) is 83.8 cm³/mol. The van der Waals surface area contributed by atoms with E-state index >= 15 is 0 Å². The number of alkyl halides is 3. The molecule has 0 bridgehead atoms. The number of amides is 2. The van der Waals surface area contributed by atoms with E-state index in [4.69, 9.17) is 5.11 Å². The summed E-state index contributed by atoms with van der Waals surface area (Å²) in [5, 5.41) is 11.7. The van der Waals surface area contributed by atoms with E-state index < -0.39 is 11.9 Å². The van der Waals surface area contributed by atoms with Crippen molar-refractivity contribution in [3.05, 3.63) is 23.8 Å². The van der Waals surface area contributed by atoms with E-state index in [9.17, 15) is 18.0 Å².